The second-order valence-corrected chi connectivity index (χ2v) is 2.61. The van der Waals surface area contributed by atoms with Gasteiger partial charge in [-0.1, -0.05) is 0 Å². The molecule has 0 spiro atoms. The summed E-state index contributed by atoms with van der Waals surface area (Å²) >= 11 is 0. The van der Waals surface area contributed by atoms with Crippen LogP contribution in [0.1, 0.15) is 13.8 Å². The van der Waals surface area contributed by atoms with E-state index in [-0.39, 0.29) is 11.9 Å². The fourth-order valence-corrected chi connectivity index (χ4v) is 0.503. The Kier molecular flexibility index (Phi) is 4.81. The third-order valence-electron chi connectivity index (χ3n) is 1.45. The summed E-state index contributed by atoms with van der Waals surface area (Å²) in [6.07, 6.45) is -0.918. The third kappa shape index (κ3) is 4.75. The van der Waals surface area contributed by atoms with Gasteiger partial charge in [0, 0.05) is 12.6 Å². The maximum atomic E-state index is 10.8. The van der Waals surface area contributed by atoms with Crippen molar-refractivity contribution in [3.05, 3.63) is 0 Å². The van der Waals surface area contributed by atoms with Gasteiger partial charge < -0.3 is 15.7 Å². The average molecular weight is 160 g/mol. The zero-order valence-corrected chi connectivity index (χ0v) is 7.22. The zero-order chi connectivity index (χ0) is 8.85. The highest BCUT2D eigenvalue weighted by atomic mass is 16.3. The first-order valence-electron chi connectivity index (χ1n) is 3.71. The second-order valence-electron chi connectivity index (χ2n) is 2.61. The van der Waals surface area contributed by atoms with Crippen LogP contribution >= 0.6 is 0 Å². The lowest BCUT2D eigenvalue weighted by atomic mass is 10.3. The number of carbonyl (C=O) groups excluding carboxylic acids is 1. The van der Waals surface area contributed by atoms with Crippen molar-refractivity contribution in [3.63, 3.8) is 0 Å². The number of carbonyl (C=O) groups is 1. The summed E-state index contributed by atoms with van der Waals surface area (Å²) in [4.78, 5) is 10.8. The van der Waals surface area contributed by atoms with Crippen LogP contribution in [0.3, 0.4) is 0 Å². The molecule has 0 aliphatic carbocycles. The first-order valence-corrected chi connectivity index (χ1v) is 3.71. The molecule has 4 heteroatoms. The lowest BCUT2D eigenvalue weighted by Crippen LogP contribution is -2.40. The summed E-state index contributed by atoms with van der Waals surface area (Å²) in [7, 11) is 1.82. The van der Waals surface area contributed by atoms with Crippen molar-refractivity contribution in [2.24, 2.45) is 0 Å². The monoisotopic (exact) mass is 160 g/mol. The molecule has 11 heavy (non-hydrogen) atoms. The Morgan fingerprint density at radius 1 is 1.55 bits per heavy atom. The Labute approximate surface area is 67.0 Å². The van der Waals surface area contributed by atoms with Crippen LogP contribution in [-0.2, 0) is 4.79 Å². The van der Waals surface area contributed by atoms with E-state index in [2.05, 4.69) is 10.6 Å². The van der Waals surface area contributed by atoms with Crippen LogP contribution in [0.25, 0.3) is 0 Å². The Hall–Kier alpha value is -0.610. The van der Waals surface area contributed by atoms with Crippen molar-refractivity contribution in [3.8, 4) is 0 Å². The summed E-state index contributed by atoms with van der Waals surface area (Å²) < 4.78 is 0. The molecule has 0 radical (unpaired) electrons. The van der Waals surface area contributed by atoms with Gasteiger partial charge in [0.1, 0.15) is 6.10 Å². The second kappa shape index (κ2) is 5.09. The SMILES string of the molecule is CNC(C)CNC(=O)C(C)O. The number of aliphatic hydroxyl groups is 1. The molecule has 3 N–H and O–H groups in total. The third-order valence-corrected chi connectivity index (χ3v) is 1.45. The van der Waals surface area contributed by atoms with Gasteiger partial charge in [-0.15, -0.1) is 0 Å². The molecule has 0 saturated heterocycles. The van der Waals surface area contributed by atoms with Crippen LogP contribution in [-0.4, -0.2) is 36.8 Å². The maximum Gasteiger partial charge on any atom is 0.248 e. The molecule has 0 aromatic heterocycles. The minimum absolute atomic E-state index is 0.234. The Morgan fingerprint density at radius 3 is 2.45 bits per heavy atom. The van der Waals surface area contributed by atoms with E-state index in [9.17, 15) is 4.79 Å². The molecule has 0 heterocycles. The van der Waals surface area contributed by atoms with Crippen molar-refractivity contribution < 1.29 is 9.90 Å². The number of aliphatic hydroxyl groups excluding tert-OH is 1. The molecule has 1 amide bonds. The van der Waals surface area contributed by atoms with E-state index < -0.39 is 6.10 Å². The van der Waals surface area contributed by atoms with Crippen LogP contribution in [0.15, 0.2) is 0 Å². The first-order chi connectivity index (χ1) is 5.07. The van der Waals surface area contributed by atoms with Crippen LogP contribution in [0.2, 0.25) is 0 Å². The molecule has 0 aliphatic rings. The predicted molar refractivity (Wildman–Crippen MR) is 43.2 cm³/mol. The lowest BCUT2D eigenvalue weighted by molar-refractivity contribution is -0.128. The smallest absolute Gasteiger partial charge is 0.248 e. The fraction of sp³-hybridized carbons (Fsp3) is 0.857. The summed E-state index contributed by atoms with van der Waals surface area (Å²) in [6.45, 7) is 3.93. The van der Waals surface area contributed by atoms with Gasteiger partial charge in [-0.25, -0.2) is 0 Å². The number of hydrogen-bond acceptors (Lipinski definition) is 3. The molecular weight excluding hydrogens is 144 g/mol. The van der Waals surface area contributed by atoms with Crippen LogP contribution in [0.4, 0.5) is 0 Å². The van der Waals surface area contributed by atoms with Gasteiger partial charge in [0.15, 0.2) is 0 Å². The molecule has 0 rings (SSSR count). The summed E-state index contributed by atoms with van der Waals surface area (Å²) in [6, 6.07) is 0.234. The average Bonchev–Trinajstić information content (AvgIpc) is 1.99. The molecule has 0 aromatic rings. The van der Waals surface area contributed by atoms with E-state index in [4.69, 9.17) is 5.11 Å². The maximum absolute atomic E-state index is 10.8. The highest BCUT2D eigenvalue weighted by molar-refractivity contribution is 5.79. The zero-order valence-electron chi connectivity index (χ0n) is 7.22. The van der Waals surface area contributed by atoms with Crippen molar-refractivity contribution in [2.45, 2.75) is 26.0 Å². The largest absolute Gasteiger partial charge is 0.384 e. The summed E-state index contributed by atoms with van der Waals surface area (Å²) in [5, 5.41) is 14.3. The Morgan fingerprint density at radius 2 is 2.09 bits per heavy atom. The van der Waals surface area contributed by atoms with Gasteiger partial charge in [-0.05, 0) is 20.9 Å². The molecule has 0 saturated carbocycles. The van der Waals surface area contributed by atoms with Crippen LogP contribution < -0.4 is 10.6 Å². The molecule has 2 unspecified atom stereocenters. The van der Waals surface area contributed by atoms with E-state index in [0.29, 0.717) is 6.54 Å². The van der Waals surface area contributed by atoms with E-state index in [1.54, 1.807) is 0 Å². The molecule has 0 bridgehead atoms. The van der Waals surface area contributed by atoms with E-state index >= 15 is 0 Å². The summed E-state index contributed by atoms with van der Waals surface area (Å²) in [5.74, 6) is -0.327. The number of hydrogen-bond donors (Lipinski definition) is 3. The fourth-order valence-electron chi connectivity index (χ4n) is 0.503. The molecule has 66 valence electrons. The highest BCUT2D eigenvalue weighted by Gasteiger charge is 2.08. The van der Waals surface area contributed by atoms with Gasteiger partial charge in [0.2, 0.25) is 5.91 Å². The van der Waals surface area contributed by atoms with Gasteiger partial charge in [0.25, 0.3) is 0 Å². The van der Waals surface area contributed by atoms with Crippen LogP contribution in [0, 0.1) is 0 Å². The molecule has 0 fully saturated rings. The topological polar surface area (TPSA) is 61.4 Å². The molecular formula is C7H16N2O2. The Balaban J connectivity index is 3.46. The van der Waals surface area contributed by atoms with Crippen molar-refractivity contribution in [2.75, 3.05) is 13.6 Å². The first kappa shape index (κ1) is 10.4. The summed E-state index contributed by atoms with van der Waals surface area (Å²) in [5.41, 5.74) is 0. The quantitative estimate of drug-likeness (QED) is 0.499. The van der Waals surface area contributed by atoms with E-state index in [1.807, 2.05) is 14.0 Å². The molecule has 0 aromatic carbocycles. The standard InChI is InChI=1S/C7H16N2O2/c1-5(8-3)4-9-7(11)6(2)10/h5-6,8,10H,4H2,1-3H3,(H,9,11). The number of likely N-dealkylation sites (N-methyl/N-ethyl adjacent to an activating group) is 1. The lowest BCUT2D eigenvalue weighted by Gasteiger charge is -2.12. The minimum atomic E-state index is -0.918. The van der Waals surface area contributed by atoms with Crippen molar-refractivity contribution >= 4 is 5.91 Å². The van der Waals surface area contributed by atoms with E-state index in [0.717, 1.165) is 0 Å². The molecule has 2 atom stereocenters. The van der Waals surface area contributed by atoms with Gasteiger partial charge in [-0.3, -0.25) is 4.79 Å². The minimum Gasteiger partial charge on any atom is -0.384 e. The van der Waals surface area contributed by atoms with Gasteiger partial charge >= 0.3 is 0 Å². The van der Waals surface area contributed by atoms with Crippen molar-refractivity contribution in [1.82, 2.24) is 10.6 Å². The van der Waals surface area contributed by atoms with Gasteiger partial charge in [-0.2, -0.15) is 0 Å². The highest BCUT2D eigenvalue weighted by Crippen LogP contribution is 1.80. The number of rotatable bonds is 4. The molecule has 0 aliphatic heterocycles. The van der Waals surface area contributed by atoms with Crippen LogP contribution in [0.5, 0.6) is 0 Å². The number of nitrogens with one attached hydrogen (secondary N) is 2. The normalized spacial score (nSPS) is 15.6. The molecule has 4 nitrogen and oxygen atoms in total. The number of amides is 1. The van der Waals surface area contributed by atoms with E-state index in [1.165, 1.54) is 6.92 Å². The predicted octanol–water partition coefficient (Wildman–Crippen LogP) is -0.909. The Bertz CT molecular complexity index is 126. The van der Waals surface area contributed by atoms with Gasteiger partial charge in [0.05, 0.1) is 0 Å². The van der Waals surface area contributed by atoms with Crippen molar-refractivity contribution in [1.29, 1.82) is 0 Å².